The fourth-order valence-corrected chi connectivity index (χ4v) is 6.38. The molecular weight excluding hydrogens is 432 g/mol. The third-order valence-electron chi connectivity index (χ3n) is 7.33. The standard InChI is InChI=1S/C27H38N2O5/c1-9-18-11-10-14-27-26(18,15-16-28(27)22(30)33-24(2,3)4)20-17-19(32-8)12-13-21(20)29(27)23(31)34-25(5,6)7/h9,12-13,17-18H,1,10-11,14-16H2,2-8H3/t18?,26-,27-/m1/s1. The van der Waals surface area contributed by atoms with Gasteiger partial charge in [-0.1, -0.05) is 6.08 Å². The number of hydrogen-bond acceptors (Lipinski definition) is 5. The Bertz CT molecular complexity index is 1010. The van der Waals surface area contributed by atoms with Gasteiger partial charge < -0.3 is 14.2 Å². The van der Waals surface area contributed by atoms with Crippen LogP contribution >= 0.6 is 0 Å². The maximum absolute atomic E-state index is 13.9. The Morgan fingerprint density at radius 1 is 1.06 bits per heavy atom. The van der Waals surface area contributed by atoms with E-state index in [9.17, 15) is 9.59 Å². The minimum atomic E-state index is -0.941. The summed E-state index contributed by atoms with van der Waals surface area (Å²) in [7, 11) is 1.64. The lowest BCUT2D eigenvalue weighted by Gasteiger charge is -2.54. The summed E-state index contributed by atoms with van der Waals surface area (Å²) >= 11 is 0. The summed E-state index contributed by atoms with van der Waals surface area (Å²) in [6, 6.07) is 5.80. The number of carbonyl (C=O) groups is 2. The number of rotatable bonds is 2. The van der Waals surface area contributed by atoms with E-state index in [1.165, 1.54) is 0 Å². The molecule has 2 fully saturated rings. The molecule has 34 heavy (non-hydrogen) atoms. The van der Waals surface area contributed by atoms with E-state index in [0.29, 0.717) is 19.4 Å². The van der Waals surface area contributed by atoms with Gasteiger partial charge in [-0.15, -0.1) is 6.58 Å². The van der Waals surface area contributed by atoms with Gasteiger partial charge in [0.25, 0.3) is 0 Å². The van der Waals surface area contributed by atoms with Crippen LogP contribution in [0.3, 0.4) is 0 Å². The van der Waals surface area contributed by atoms with Gasteiger partial charge in [0.2, 0.25) is 0 Å². The number of benzene rings is 1. The highest BCUT2D eigenvalue weighted by Gasteiger charge is 2.74. The van der Waals surface area contributed by atoms with Crippen molar-refractivity contribution in [1.29, 1.82) is 0 Å². The normalized spacial score (nSPS) is 28.0. The second-order valence-corrected chi connectivity index (χ2v) is 11.6. The Balaban J connectivity index is 1.98. The Labute approximate surface area is 203 Å². The van der Waals surface area contributed by atoms with Crippen LogP contribution in [0.4, 0.5) is 15.3 Å². The van der Waals surface area contributed by atoms with E-state index in [2.05, 4.69) is 6.58 Å². The summed E-state index contributed by atoms with van der Waals surface area (Å²) in [5.74, 6) is 0.796. The fraction of sp³-hybridized carbons (Fsp3) is 0.630. The van der Waals surface area contributed by atoms with E-state index in [0.717, 1.165) is 29.8 Å². The lowest BCUT2D eigenvalue weighted by atomic mass is 9.58. The molecule has 3 aliphatic rings. The Morgan fingerprint density at radius 3 is 2.29 bits per heavy atom. The zero-order valence-corrected chi connectivity index (χ0v) is 21.6. The van der Waals surface area contributed by atoms with Crippen molar-refractivity contribution in [3.63, 3.8) is 0 Å². The number of methoxy groups -OCH3 is 1. The molecule has 1 saturated heterocycles. The summed E-state index contributed by atoms with van der Waals surface area (Å²) in [6.45, 7) is 15.8. The summed E-state index contributed by atoms with van der Waals surface area (Å²) in [5.41, 5.74) is -1.04. The van der Waals surface area contributed by atoms with Gasteiger partial charge in [0.1, 0.15) is 22.6 Å². The van der Waals surface area contributed by atoms with Crippen LogP contribution in [-0.4, -0.2) is 47.6 Å². The van der Waals surface area contributed by atoms with Gasteiger partial charge in [0, 0.05) is 12.0 Å². The molecule has 3 atom stereocenters. The maximum atomic E-state index is 13.9. The number of fused-ring (bicyclic) bond motifs is 1. The Hall–Kier alpha value is -2.70. The van der Waals surface area contributed by atoms with E-state index in [1.807, 2.05) is 65.8 Å². The number of ether oxygens (including phenoxy) is 3. The van der Waals surface area contributed by atoms with Crippen LogP contribution in [0.25, 0.3) is 0 Å². The third-order valence-corrected chi connectivity index (χ3v) is 7.33. The number of amides is 2. The first kappa shape index (κ1) is 24.4. The molecule has 0 radical (unpaired) electrons. The smallest absolute Gasteiger partial charge is 0.416 e. The van der Waals surface area contributed by atoms with E-state index in [4.69, 9.17) is 14.2 Å². The highest BCUT2D eigenvalue weighted by atomic mass is 16.6. The van der Waals surface area contributed by atoms with Gasteiger partial charge in [-0.3, -0.25) is 9.80 Å². The molecule has 0 N–H and O–H groups in total. The number of nitrogens with zero attached hydrogens (tertiary/aromatic N) is 2. The van der Waals surface area contributed by atoms with Crippen molar-refractivity contribution in [2.75, 3.05) is 18.6 Å². The van der Waals surface area contributed by atoms with Crippen molar-refractivity contribution in [3.8, 4) is 5.75 Å². The van der Waals surface area contributed by atoms with Gasteiger partial charge in [-0.25, -0.2) is 9.59 Å². The number of anilines is 1. The quantitative estimate of drug-likeness (QED) is 0.495. The SMILES string of the molecule is C=CC1CCC[C@]23N(C(=O)OC(C)(C)C)CC[C@]12c1cc(OC)ccc1N3C(=O)OC(C)(C)C. The van der Waals surface area contributed by atoms with Crippen LogP contribution in [0, 0.1) is 5.92 Å². The minimum absolute atomic E-state index is 0.0759. The molecule has 4 rings (SSSR count). The second-order valence-electron chi connectivity index (χ2n) is 11.6. The van der Waals surface area contributed by atoms with Crippen molar-refractivity contribution in [1.82, 2.24) is 4.90 Å². The fourth-order valence-electron chi connectivity index (χ4n) is 6.38. The molecule has 1 aromatic rings. The molecular formula is C27H38N2O5. The van der Waals surface area contributed by atoms with E-state index in [-0.39, 0.29) is 5.92 Å². The maximum Gasteiger partial charge on any atom is 0.416 e. The zero-order valence-electron chi connectivity index (χ0n) is 21.6. The monoisotopic (exact) mass is 470 g/mol. The molecule has 0 aromatic heterocycles. The van der Waals surface area contributed by atoms with Crippen molar-refractivity contribution < 1.29 is 23.8 Å². The molecule has 1 aromatic carbocycles. The van der Waals surface area contributed by atoms with Crippen molar-refractivity contribution in [2.24, 2.45) is 5.92 Å². The van der Waals surface area contributed by atoms with E-state index in [1.54, 1.807) is 16.9 Å². The van der Waals surface area contributed by atoms with Crippen LogP contribution in [-0.2, 0) is 14.9 Å². The first-order valence-corrected chi connectivity index (χ1v) is 12.2. The van der Waals surface area contributed by atoms with Gasteiger partial charge in [0.15, 0.2) is 0 Å². The molecule has 2 heterocycles. The highest BCUT2D eigenvalue weighted by Crippen LogP contribution is 2.67. The van der Waals surface area contributed by atoms with Crippen LogP contribution in [0.2, 0.25) is 0 Å². The van der Waals surface area contributed by atoms with E-state index >= 15 is 0 Å². The topological polar surface area (TPSA) is 68.3 Å². The zero-order chi connectivity index (χ0) is 25.1. The molecule has 0 spiro atoms. The predicted octanol–water partition coefficient (Wildman–Crippen LogP) is 6.01. The van der Waals surface area contributed by atoms with Gasteiger partial charge in [-0.2, -0.15) is 0 Å². The Morgan fingerprint density at radius 2 is 1.71 bits per heavy atom. The van der Waals surface area contributed by atoms with E-state index < -0.39 is 34.5 Å². The summed E-state index contributed by atoms with van der Waals surface area (Å²) < 4.78 is 17.4. The molecule has 2 amide bonds. The third kappa shape index (κ3) is 3.46. The molecule has 1 aliphatic carbocycles. The van der Waals surface area contributed by atoms with Crippen LogP contribution in [0.5, 0.6) is 5.75 Å². The second kappa shape index (κ2) is 7.92. The van der Waals surface area contributed by atoms with Crippen molar-refractivity contribution in [3.05, 3.63) is 36.4 Å². The molecule has 2 aliphatic heterocycles. The largest absolute Gasteiger partial charge is 0.497 e. The number of allylic oxidation sites excluding steroid dienone is 1. The van der Waals surface area contributed by atoms with Crippen LogP contribution in [0.15, 0.2) is 30.9 Å². The minimum Gasteiger partial charge on any atom is -0.497 e. The molecule has 7 nitrogen and oxygen atoms in total. The number of hydrogen-bond donors (Lipinski definition) is 0. The highest BCUT2D eigenvalue weighted by molar-refractivity contribution is 5.96. The van der Waals surface area contributed by atoms with Gasteiger partial charge in [-0.05, 0) is 96.9 Å². The number of carbonyl (C=O) groups excluding carboxylic acids is 2. The first-order chi connectivity index (χ1) is 15.8. The first-order valence-electron chi connectivity index (χ1n) is 12.2. The average molecular weight is 471 g/mol. The molecule has 7 heteroatoms. The number of likely N-dealkylation sites (tertiary alicyclic amines) is 1. The summed E-state index contributed by atoms with van der Waals surface area (Å²) in [4.78, 5) is 31.0. The predicted molar refractivity (Wildman–Crippen MR) is 131 cm³/mol. The molecule has 1 unspecified atom stereocenters. The lowest BCUT2D eigenvalue weighted by molar-refractivity contribution is -0.0198. The van der Waals surface area contributed by atoms with Crippen LogP contribution < -0.4 is 9.64 Å². The van der Waals surface area contributed by atoms with Crippen molar-refractivity contribution in [2.45, 2.75) is 89.5 Å². The molecule has 0 bridgehead atoms. The van der Waals surface area contributed by atoms with Crippen molar-refractivity contribution >= 4 is 17.9 Å². The summed E-state index contributed by atoms with van der Waals surface area (Å²) in [5, 5.41) is 0. The summed E-state index contributed by atoms with van der Waals surface area (Å²) in [6.07, 6.45) is 4.24. The van der Waals surface area contributed by atoms with Crippen LogP contribution in [0.1, 0.15) is 72.8 Å². The van der Waals surface area contributed by atoms with Gasteiger partial charge >= 0.3 is 12.2 Å². The van der Waals surface area contributed by atoms with Gasteiger partial charge in [0.05, 0.1) is 12.8 Å². The lowest BCUT2D eigenvalue weighted by Crippen LogP contribution is -2.69. The molecule has 1 saturated carbocycles. The Kier molecular flexibility index (Phi) is 5.69. The molecule has 186 valence electrons. The average Bonchev–Trinajstić information content (AvgIpc) is 3.19.